The highest BCUT2D eigenvalue weighted by Crippen LogP contribution is 2.20. The topological polar surface area (TPSA) is 120 Å². The third kappa shape index (κ3) is 12.4. The predicted molar refractivity (Wildman–Crippen MR) is 118 cm³/mol. The fraction of sp³-hybridized carbons (Fsp3) is 0.895. The van der Waals surface area contributed by atoms with Gasteiger partial charge in [0, 0.05) is 24.5 Å². The van der Waals surface area contributed by atoms with Gasteiger partial charge >= 0.3 is 6.03 Å². The highest BCUT2D eigenvalue weighted by Gasteiger charge is 2.35. The Kier molecular flexibility index (Phi) is 15.1. The van der Waals surface area contributed by atoms with Crippen LogP contribution in [0.25, 0.3) is 0 Å². The van der Waals surface area contributed by atoms with Gasteiger partial charge in [-0.1, -0.05) is 6.92 Å². The van der Waals surface area contributed by atoms with E-state index in [0.717, 1.165) is 70.0 Å². The van der Waals surface area contributed by atoms with Gasteiger partial charge in [-0.2, -0.15) is 11.8 Å². The molecule has 2 heterocycles. The van der Waals surface area contributed by atoms with Crippen molar-refractivity contribution < 1.29 is 9.59 Å². The van der Waals surface area contributed by atoms with Crippen LogP contribution in [0.15, 0.2) is 0 Å². The number of hydrogen-bond acceptors (Lipinski definition) is 6. The van der Waals surface area contributed by atoms with Gasteiger partial charge in [0.2, 0.25) is 5.91 Å². The van der Waals surface area contributed by atoms with Crippen molar-refractivity contribution in [2.24, 2.45) is 5.73 Å². The van der Waals surface area contributed by atoms with E-state index in [1.165, 1.54) is 12.8 Å². The van der Waals surface area contributed by atoms with Gasteiger partial charge in [-0.25, -0.2) is 4.79 Å². The summed E-state index contributed by atoms with van der Waals surface area (Å²) < 4.78 is 0. The fourth-order valence-electron chi connectivity index (χ4n) is 2.95. The monoisotopic (exact) mass is 416 g/mol. The molecule has 8 nitrogen and oxygen atoms in total. The maximum Gasteiger partial charge on any atom is 0.315 e. The maximum absolute atomic E-state index is 11.2. The van der Waals surface area contributed by atoms with Crippen LogP contribution in [0, 0.1) is 0 Å². The molecule has 9 heteroatoms. The molecular formula is C19H40N6O2S. The number of amides is 3. The predicted octanol–water partition coefficient (Wildman–Crippen LogP) is 0.384. The highest BCUT2D eigenvalue weighted by atomic mass is 32.2. The third-order valence-electron chi connectivity index (χ3n) is 4.56. The summed E-state index contributed by atoms with van der Waals surface area (Å²) in [6.07, 6.45) is 6.02. The van der Waals surface area contributed by atoms with E-state index >= 15 is 0 Å². The quantitative estimate of drug-likeness (QED) is 0.180. The second-order valence-electron chi connectivity index (χ2n) is 7.17. The summed E-state index contributed by atoms with van der Waals surface area (Å²) in [6, 6.07) is 0.815. The number of carbonyl (C=O) groups excluding carboxylic acids is 2. The zero-order valence-electron chi connectivity index (χ0n) is 17.4. The summed E-state index contributed by atoms with van der Waals surface area (Å²) in [5, 5.41) is 15.4. The van der Waals surface area contributed by atoms with E-state index in [-0.39, 0.29) is 11.9 Å². The second kappa shape index (κ2) is 16.9. The summed E-state index contributed by atoms with van der Waals surface area (Å²) in [4.78, 5) is 21.8. The smallest absolute Gasteiger partial charge is 0.315 e. The molecule has 7 N–H and O–H groups in total. The third-order valence-corrected chi connectivity index (χ3v) is 5.75. The average Bonchev–Trinajstić information content (AvgIpc) is 3.24. The molecule has 2 fully saturated rings. The lowest BCUT2D eigenvalue weighted by molar-refractivity contribution is -0.121. The Balaban J connectivity index is 0.000000354. The number of urea groups is 1. The fourth-order valence-corrected chi connectivity index (χ4v) is 4.23. The van der Waals surface area contributed by atoms with Crippen molar-refractivity contribution >= 4 is 23.7 Å². The number of carbonyl (C=O) groups is 2. The van der Waals surface area contributed by atoms with E-state index in [9.17, 15) is 9.59 Å². The van der Waals surface area contributed by atoms with E-state index in [1.54, 1.807) is 0 Å². The van der Waals surface area contributed by atoms with Crippen LogP contribution in [0.5, 0.6) is 0 Å². The average molecular weight is 417 g/mol. The SMILES string of the molecule is CCCC(=O)NCCCNCCCCNCCCN.O=C1NC2CSCC2N1. The number of nitrogens with one attached hydrogen (secondary N) is 5. The van der Waals surface area contributed by atoms with Crippen molar-refractivity contribution in [2.75, 3.05) is 50.8 Å². The van der Waals surface area contributed by atoms with Gasteiger partial charge in [0.05, 0.1) is 12.1 Å². The van der Waals surface area contributed by atoms with Gasteiger partial charge in [0.15, 0.2) is 0 Å². The van der Waals surface area contributed by atoms with Gasteiger partial charge in [-0.3, -0.25) is 4.79 Å². The Morgan fingerprint density at radius 2 is 1.57 bits per heavy atom. The van der Waals surface area contributed by atoms with E-state index in [1.807, 2.05) is 18.7 Å². The largest absolute Gasteiger partial charge is 0.356 e. The molecule has 2 rings (SSSR count). The molecule has 0 radical (unpaired) electrons. The van der Waals surface area contributed by atoms with Gasteiger partial charge < -0.3 is 32.3 Å². The molecule has 2 unspecified atom stereocenters. The maximum atomic E-state index is 11.2. The van der Waals surface area contributed by atoms with Crippen LogP contribution in [-0.4, -0.2) is 74.8 Å². The molecule has 2 aliphatic heterocycles. The number of nitrogens with two attached hydrogens (primary N) is 1. The molecule has 2 aliphatic rings. The molecular weight excluding hydrogens is 376 g/mol. The summed E-state index contributed by atoms with van der Waals surface area (Å²) in [5.74, 6) is 2.32. The number of fused-ring (bicyclic) bond motifs is 1. The first-order valence-electron chi connectivity index (χ1n) is 10.7. The molecule has 0 saturated carbocycles. The Hall–Kier alpha value is -1.03. The minimum absolute atomic E-state index is 0.00491. The molecule has 0 aliphatic carbocycles. The van der Waals surface area contributed by atoms with Crippen LogP contribution in [-0.2, 0) is 4.79 Å². The normalized spacial score (nSPS) is 20.0. The van der Waals surface area contributed by atoms with Crippen LogP contribution in [0.2, 0.25) is 0 Å². The first kappa shape index (κ1) is 25.0. The minimum atomic E-state index is 0.00491. The van der Waals surface area contributed by atoms with Crippen molar-refractivity contribution in [3.8, 4) is 0 Å². The van der Waals surface area contributed by atoms with Crippen molar-refractivity contribution in [3.63, 3.8) is 0 Å². The lowest BCUT2D eigenvalue weighted by atomic mass is 10.2. The number of hydrogen-bond donors (Lipinski definition) is 6. The molecule has 0 aromatic carbocycles. The van der Waals surface area contributed by atoms with Gasteiger partial charge in [0.1, 0.15) is 0 Å². The van der Waals surface area contributed by atoms with Crippen molar-refractivity contribution in [1.29, 1.82) is 0 Å². The number of thioether (sulfide) groups is 1. The lowest BCUT2D eigenvalue weighted by Crippen LogP contribution is -2.31. The van der Waals surface area contributed by atoms with Crippen molar-refractivity contribution in [1.82, 2.24) is 26.6 Å². The highest BCUT2D eigenvalue weighted by molar-refractivity contribution is 7.99. The Morgan fingerprint density at radius 3 is 2.14 bits per heavy atom. The van der Waals surface area contributed by atoms with Crippen molar-refractivity contribution in [3.05, 3.63) is 0 Å². The number of rotatable bonds is 14. The van der Waals surface area contributed by atoms with E-state index < -0.39 is 0 Å². The standard InChI is InChI=1S/C14H32N4O.C5H8N2OS/c1-2-7-14(19)18-13-6-12-17-10-4-3-9-16-11-5-8-15;8-5-6-3-1-9-2-4(3)7-5/h16-17H,2-13,15H2,1H3,(H,18,19);3-4H,1-2H2,(H2,6,7,8). The summed E-state index contributed by atoms with van der Waals surface area (Å²) >= 11 is 1.89. The van der Waals surface area contributed by atoms with Crippen LogP contribution in [0.4, 0.5) is 4.79 Å². The Labute approximate surface area is 174 Å². The van der Waals surface area contributed by atoms with Gasteiger partial charge in [0.25, 0.3) is 0 Å². The molecule has 2 atom stereocenters. The first-order chi connectivity index (χ1) is 13.7. The molecule has 28 heavy (non-hydrogen) atoms. The summed E-state index contributed by atoms with van der Waals surface area (Å²) in [5.41, 5.74) is 5.41. The molecule has 3 amide bonds. The minimum Gasteiger partial charge on any atom is -0.356 e. The number of unbranched alkanes of at least 4 members (excludes halogenated alkanes) is 1. The molecule has 0 bridgehead atoms. The Bertz CT molecular complexity index is 413. The van der Waals surface area contributed by atoms with E-state index in [2.05, 4.69) is 26.6 Å². The summed E-state index contributed by atoms with van der Waals surface area (Å²) in [6.45, 7) is 7.71. The van der Waals surface area contributed by atoms with E-state index in [0.29, 0.717) is 18.5 Å². The second-order valence-corrected chi connectivity index (χ2v) is 8.25. The summed E-state index contributed by atoms with van der Waals surface area (Å²) in [7, 11) is 0. The molecule has 0 spiro atoms. The van der Waals surface area contributed by atoms with Gasteiger partial charge in [-0.05, 0) is 64.8 Å². The molecule has 2 saturated heterocycles. The van der Waals surface area contributed by atoms with Gasteiger partial charge in [-0.15, -0.1) is 0 Å². The zero-order chi connectivity index (χ0) is 20.5. The Morgan fingerprint density at radius 1 is 1.00 bits per heavy atom. The van der Waals surface area contributed by atoms with Crippen LogP contribution in [0.1, 0.15) is 45.4 Å². The lowest BCUT2D eigenvalue weighted by Gasteiger charge is -2.07. The van der Waals surface area contributed by atoms with E-state index in [4.69, 9.17) is 5.73 Å². The van der Waals surface area contributed by atoms with Crippen molar-refractivity contribution in [2.45, 2.75) is 57.5 Å². The molecule has 0 aromatic rings. The van der Waals surface area contributed by atoms with Crippen LogP contribution < -0.4 is 32.3 Å². The molecule has 164 valence electrons. The molecule has 0 aromatic heterocycles. The first-order valence-corrected chi connectivity index (χ1v) is 11.9. The van der Waals surface area contributed by atoms with Crippen LogP contribution in [0.3, 0.4) is 0 Å². The van der Waals surface area contributed by atoms with Crippen LogP contribution >= 0.6 is 11.8 Å². The zero-order valence-corrected chi connectivity index (χ0v) is 18.2.